The molecule has 1 aromatic carbocycles. The Bertz CT molecular complexity index is 406. The molecule has 4 N–H and O–H groups in total. The van der Waals surface area contributed by atoms with Gasteiger partial charge in [0, 0.05) is 17.1 Å². The molecule has 1 aliphatic heterocycles. The standard InChI is InChI=1S/C13H20N2OS/c1-9-4-3-5-10(12(9)14)17-11-8-15-7-6-13(11,2)16/h3-5,11,15-16H,6-8,14H2,1-2H3. The lowest BCUT2D eigenvalue weighted by Gasteiger charge is -2.37. The molecule has 3 nitrogen and oxygen atoms in total. The molecule has 1 aliphatic rings. The maximum absolute atomic E-state index is 10.4. The van der Waals surface area contributed by atoms with E-state index in [1.807, 2.05) is 32.0 Å². The van der Waals surface area contributed by atoms with E-state index < -0.39 is 5.60 Å². The first-order valence-electron chi connectivity index (χ1n) is 5.95. The van der Waals surface area contributed by atoms with E-state index in [0.717, 1.165) is 35.7 Å². The molecule has 1 heterocycles. The van der Waals surface area contributed by atoms with Crippen LogP contribution in [0.1, 0.15) is 18.9 Å². The molecule has 2 unspecified atom stereocenters. The number of nitrogen functional groups attached to an aromatic ring is 1. The van der Waals surface area contributed by atoms with Crippen molar-refractivity contribution in [2.45, 2.75) is 36.0 Å². The van der Waals surface area contributed by atoms with Gasteiger partial charge in [-0.1, -0.05) is 12.1 Å². The molecule has 17 heavy (non-hydrogen) atoms. The number of benzene rings is 1. The second kappa shape index (κ2) is 4.88. The summed E-state index contributed by atoms with van der Waals surface area (Å²) in [6.45, 7) is 5.63. The molecule has 4 heteroatoms. The van der Waals surface area contributed by atoms with Crippen LogP contribution in [0.25, 0.3) is 0 Å². The van der Waals surface area contributed by atoms with Crippen LogP contribution in [0.15, 0.2) is 23.1 Å². The first-order chi connectivity index (χ1) is 8.00. The average Bonchev–Trinajstić information content (AvgIpc) is 2.27. The quantitative estimate of drug-likeness (QED) is 0.702. The summed E-state index contributed by atoms with van der Waals surface area (Å²) in [5.41, 5.74) is 7.37. The second-order valence-electron chi connectivity index (χ2n) is 4.90. The van der Waals surface area contributed by atoms with E-state index in [0.29, 0.717) is 0 Å². The molecule has 0 spiro atoms. The molecule has 0 aliphatic carbocycles. The zero-order valence-electron chi connectivity index (χ0n) is 10.4. The van der Waals surface area contributed by atoms with Gasteiger partial charge in [-0.15, -0.1) is 11.8 Å². The van der Waals surface area contributed by atoms with Gasteiger partial charge in [-0.05, 0) is 38.4 Å². The zero-order chi connectivity index (χ0) is 12.5. The van der Waals surface area contributed by atoms with Gasteiger partial charge >= 0.3 is 0 Å². The minimum atomic E-state index is -0.619. The number of rotatable bonds is 2. The number of aliphatic hydroxyl groups is 1. The number of hydrogen-bond donors (Lipinski definition) is 3. The van der Waals surface area contributed by atoms with Gasteiger partial charge in [0.05, 0.1) is 10.9 Å². The molecule has 0 aromatic heterocycles. The lowest BCUT2D eigenvalue weighted by atomic mass is 9.94. The summed E-state index contributed by atoms with van der Waals surface area (Å²) in [5.74, 6) is 0. The van der Waals surface area contributed by atoms with E-state index in [2.05, 4.69) is 5.32 Å². The highest BCUT2D eigenvalue weighted by atomic mass is 32.2. The summed E-state index contributed by atoms with van der Waals surface area (Å²) in [6, 6.07) is 6.05. The van der Waals surface area contributed by atoms with Crippen molar-refractivity contribution in [2.75, 3.05) is 18.8 Å². The Balaban J connectivity index is 2.17. The third-order valence-electron chi connectivity index (χ3n) is 3.38. The van der Waals surface area contributed by atoms with Crippen molar-refractivity contribution in [3.05, 3.63) is 23.8 Å². The molecule has 0 amide bonds. The van der Waals surface area contributed by atoms with Gasteiger partial charge in [-0.25, -0.2) is 0 Å². The van der Waals surface area contributed by atoms with Crippen LogP contribution in [-0.2, 0) is 0 Å². The predicted octanol–water partition coefficient (Wildman–Crippen LogP) is 1.78. The van der Waals surface area contributed by atoms with Crippen molar-refractivity contribution in [2.24, 2.45) is 0 Å². The second-order valence-corrected chi connectivity index (χ2v) is 6.15. The van der Waals surface area contributed by atoms with Gasteiger partial charge in [0.1, 0.15) is 0 Å². The number of para-hydroxylation sites is 1. The topological polar surface area (TPSA) is 58.3 Å². The summed E-state index contributed by atoms with van der Waals surface area (Å²) < 4.78 is 0. The number of piperidine rings is 1. The lowest BCUT2D eigenvalue weighted by Crippen LogP contribution is -2.50. The molecular formula is C13H20N2OS. The van der Waals surface area contributed by atoms with E-state index in [4.69, 9.17) is 5.73 Å². The van der Waals surface area contributed by atoms with Gasteiger partial charge in [0.15, 0.2) is 0 Å². The predicted molar refractivity (Wildman–Crippen MR) is 73.3 cm³/mol. The number of nitrogens with one attached hydrogen (secondary N) is 1. The molecule has 0 radical (unpaired) electrons. The van der Waals surface area contributed by atoms with E-state index >= 15 is 0 Å². The molecule has 1 saturated heterocycles. The van der Waals surface area contributed by atoms with E-state index in [1.165, 1.54) is 0 Å². The monoisotopic (exact) mass is 252 g/mol. The Kier molecular flexibility index (Phi) is 3.66. The fraction of sp³-hybridized carbons (Fsp3) is 0.538. The van der Waals surface area contributed by atoms with Gasteiger partial charge < -0.3 is 16.2 Å². The van der Waals surface area contributed by atoms with Gasteiger partial charge in [-0.2, -0.15) is 0 Å². The first kappa shape index (κ1) is 12.7. The maximum atomic E-state index is 10.4. The minimum Gasteiger partial charge on any atom is -0.398 e. The molecule has 1 aromatic rings. The van der Waals surface area contributed by atoms with Crippen LogP contribution in [0.3, 0.4) is 0 Å². The zero-order valence-corrected chi connectivity index (χ0v) is 11.2. The number of nitrogens with two attached hydrogens (primary N) is 1. The fourth-order valence-electron chi connectivity index (χ4n) is 2.03. The molecular weight excluding hydrogens is 232 g/mol. The van der Waals surface area contributed by atoms with Crippen LogP contribution < -0.4 is 11.1 Å². The van der Waals surface area contributed by atoms with E-state index in [-0.39, 0.29) is 5.25 Å². The van der Waals surface area contributed by atoms with Crippen LogP contribution in [0.5, 0.6) is 0 Å². The minimum absolute atomic E-state index is 0.153. The normalized spacial score (nSPS) is 29.2. The Labute approximate surface area is 107 Å². The van der Waals surface area contributed by atoms with Crippen molar-refractivity contribution < 1.29 is 5.11 Å². The molecule has 94 valence electrons. The summed E-state index contributed by atoms with van der Waals surface area (Å²) in [4.78, 5) is 1.07. The largest absolute Gasteiger partial charge is 0.398 e. The van der Waals surface area contributed by atoms with E-state index in [9.17, 15) is 5.11 Å². The van der Waals surface area contributed by atoms with Crippen LogP contribution in [0.2, 0.25) is 0 Å². The molecule has 2 atom stereocenters. The summed E-state index contributed by atoms with van der Waals surface area (Å²) in [5, 5.41) is 13.8. The number of anilines is 1. The molecule has 2 rings (SSSR count). The fourth-order valence-corrected chi connectivity index (χ4v) is 3.36. The Morgan fingerprint density at radius 1 is 1.53 bits per heavy atom. The number of hydrogen-bond acceptors (Lipinski definition) is 4. The van der Waals surface area contributed by atoms with Crippen molar-refractivity contribution in [1.82, 2.24) is 5.32 Å². The third kappa shape index (κ3) is 2.76. The van der Waals surface area contributed by atoms with Crippen molar-refractivity contribution in [3.8, 4) is 0 Å². The summed E-state index contributed by atoms with van der Waals surface area (Å²) >= 11 is 1.67. The third-order valence-corrected chi connectivity index (χ3v) is 4.95. The van der Waals surface area contributed by atoms with Crippen LogP contribution in [0, 0.1) is 6.92 Å². The van der Waals surface area contributed by atoms with Crippen molar-refractivity contribution >= 4 is 17.4 Å². The van der Waals surface area contributed by atoms with Crippen molar-refractivity contribution in [3.63, 3.8) is 0 Å². The van der Waals surface area contributed by atoms with Crippen molar-refractivity contribution in [1.29, 1.82) is 0 Å². The molecule has 0 saturated carbocycles. The Hall–Kier alpha value is -0.710. The van der Waals surface area contributed by atoms with Crippen LogP contribution >= 0.6 is 11.8 Å². The number of aryl methyl sites for hydroxylation is 1. The smallest absolute Gasteiger partial charge is 0.0765 e. The highest BCUT2D eigenvalue weighted by Crippen LogP contribution is 2.37. The highest BCUT2D eigenvalue weighted by Gasteiger charge is 2.35. The summed E-state index contributed by atoms with van der Waals surface area (Å²) in [6.07, 6.45) is 0.788. The average molecular weight is 252 g/mol. The highest BCUT2D eigenvalue weighted by molar-refractivity contribution is 8.00. The van der Waals surface area contributed by atoms with Gasteiger partial charge in [-0.3, -0.25) is 0 Å². The first-order valence-corrected chi connectivity index (χ1v) is 6.83. The van der Waals surface area contributed by atoms with Gasteiger partial charge in [0.2, 0.25) is 0 Å². The maximum Gasteiger partial charge on any atom is 0.0765 e. The lowest BCUT2D eigenvalue weighted by molar-refractivity contribution is 0.0355. The van der Waals surface area contributed by atoms with Gasteiger partial charge in [0.25, 0.3) is 0 Å². The summed E-state index contributed by atoms with van der Waals surface area (Å²) in [7, 11) is 0. The Morgan fingerprint density at radius 3 is 3.00 bits per heavy atom. The van der Waals surface area contributed by atoms with E-state index in [1.54, 1.807) is 11.8 Å². The SMILES string of the molecule is Cc1cccc(SC2CNCCC2(C)O)c1N. The Morgan fingerprint density at radius 2 is 2.29 bits per heavy atom. The molecule has 1 fully saturated rings. The van der Waals surface area contributed by atoms with Crippen LogP contribution in [-0.4, -0.2) is 29.0 Å². The number of thioether (sulfide) groups is 1. The van der Waals surface area contributed by atoms with Crippen LogP contribution in [0.4, 0.5) is 5.69 Å². The molecule has 0 bridgehead atoms.